The molecule has 3 aromatic rings. The molecule has 0 atom stereocenters. The van der Waals surface area contributed by atoms with Crippen LogP contribution in [0.5, 0.6) is 0 Å². The number of pyridine rings is 1. The maximum absolute atomic E-state index is 9.26. The van der Waals surface area contributed by atoms with E-state index in [1.54, 1.807) is 0 Å². The fourth-order valence-electron chi connectivity index (χ4n) is 4.09. The lowest BCUT2D eigenvalue weighted by Crippen LogP contribution is -2.46. The zero-order valence-corrected chi connectivity index (χ0v) is 17.9. The fourth-order valence-corrected chi connectivity index (χ4v) is 4.09. The van der Waals surface area contributed by atoms with Crippen molar-refractivity contribution in [3.05, 3.63) is 60.2 Å². The highest BCUT2D eigenvalue weighted by atomic mass is 35.5. The summed E-state index contributed by atoms with van der Waals surface area (Å²) in [5.41, 5.74) is 3.45. The van der Waals surface area contributed by atoms with Gasteiger partial charge in [0.2, 0.25) is 0 Å². The lowest BCUT2D eigenvalue weighted by molar-refractivity contribution is 0.271. The Bertz CT molecular complexity index is 938. The van der Waals surface area contributed by atoms with E-state index in [9.17, 15) is 5.11 Å². The number of piperazine rings is 1. The van der Waals surface area contributed by atoms with Crippen molar-refractivity contribution in [1.29, 1.82) is 0 Å². The molecular weight excluding hydrogens is 382 g/mol. The number of rotatable bonds is 6. The molecule has 1 aliphatic heterocycles. The van der Waals surface area contributed by atoms with Gasteiger partial charge < -0.3 is 14.9 Å². The molecule has 1 N–H and O–H groups in total. The molecule has 4 rings (SSSR count). The van der Waals surface area contributed by atoms with Gasteiger partial charge in [-0.2, -0.15) is 0 Å². The Balaban J connectivity index is 0.00000240. The van der Waals surface area contributed by atoms with Crippen LogP contribution in [0.2, 0.25) is 0 Å². The van der Waals surface area contributed by atoms with Crippen LogP contribution >= 0.6 is 12.4 Å². The number of aryl methyl sites for hydroxylation is 1. The van der Waals surface area contributed by atoms with E-state index in [0.29, 0.717) is 0 Å². The summed E-state index contributed by atoms with van der Waals surface area (Å²) in [5.74, 6) is 1.10. The lowest BCUT2D eigenvalue weighted by atomic mass is 9.98. The minimum absolute atomic E-state index is 0. The van der Waals surface area contributed by atoms with Gasteiger partial charge in [-0.25, -0.2) is 4.98 Å². The number of likely N-dealkylation sites (N-methyl/N-ethyl adjacent to an activating group) is 1. The molecule has 0 unspecified atom stereocenters. The molecule has 0 spiro atoms. The van der Waals surface area contributed by atoms with Crippen molar-refractivity contribution < 1.29 is 5.11 Å². The molecule has 0 saturated carbocycles. The largest absolute Gasteiger partial charge is 0.396 e. The summed E-state index contributed by atoms with van der Waals surface area (Å²) in [4.78, 5) is 10.1. The molecule has 1 saturated heterocycles. The van der Waals surface area contributed by atoms with Crippen LogP contribution in [-0.4, -0.2) is 54.3 Å². The summed E-state index contributed by atoms with van der Waals surface area (Å²) in [6.07, 6.45) is 1.64. The second-order valence-corrected chi connectivity index (χ2v) is 7.46. The first-order valence-corrected chi connectivity index (χ1v) is 10.4. The third kappa shape index (κ3) is 4.72. The highest BCUT2D eigenvalue weighted by Gasteiger charge is 2.20. The Morgan fingerprint density at radius 2 is 1.69 bits per heavy atom. The molecule has 4 nitrogen and oxygen atoms in total. The smallest absolute Gasteiger partial charge is 0.137 e. The molecule has 29 heavy (non-hydrogen) atoms. The predicted octanol–water partition coefficient (Wildman–Crippen LogP) is 4.39. The van der Waals surface area contributed by atoms with Gasteiger partial charge in [-0.3, -0.25) is 0 Å². The molecule has 2 aromatic carbocycles. The Kier molecular flexibility index (Phi) is 7.48. The molecule has 2 heterocycles. The van der Waals surface area contributed by atoms with E-state index >= 15 is 0 Å². The van der Waals surface area contributed by atoms with Crippen molar-refractivity contribution in [2.24, 2.45) is 0 Å². The normalized spacial score (nSPS) is 14.8. The Hall–Kier alpha value is -2.14. The van der Waals surface area contributed by atoms with Gasteiger partial charge in [0.25, 0.3) is 0 Å². The topological polar surface area (TPSA) is 39.6 Å². The first kappa shape index (κ1) is 21.6. The number of aliphatic hydroxyl groups is 1. The number of hydrogen-bond donors (Lipinski definition) is 1. The molecule has 5 heteroatoms. The van der Waals surface area contributed by atoms with Crippen molar-refractivity contribution in [3.8, 4) is 11.3 Å². The second kappa shape index (κ2) is 10.1. The summed E-state index contributed by atoms with van der Waals surface area (Å²) in [6, 6.07) is 19.2. The summed E-state index contributed by atoms with van der Waals surface area (Å²) in [6.45, 7) is 7.76. The summed E-state index contributed by atoms with van der Waals surface area (Å²) >= 11 is 0. The lowest BCUT2D eigenvalue weighted by Gasteiger charge is -2.35. The van der Waals surface area contributed by atoms with Crippen LogP contribution in [0.4, 0.5) is 5.82 Å². The summed E-state index contributed by atoms with van der Waals surface area (Å²) in [7, 11) is 0. The average Bonchev–Trinajstić information content (AvgIpc) is 2.77. The maximum atomic E-state index is 9.26. The summed E-state index contributed by atoms with van der Waals surface area (Å²) < 4.78 is 0. The minimum atomic E-state index is 0. The van der Waals surface area contributed by atoms with Gasteiger partial charge in [-0.1, -0.05) is 55.5 Å². The highest BCUT2D eigenvalue weighted by molar-refractivity contribution is 5.95. The van der Waals surface area contributed by atoms with E-state index in [1.807, 2.05) is 0 Å². The Morgan fingerprint density at radius 3 is 2.45 bits per heavy atom. The van der Waals surface area contributed by atoms with E-state index < -0.39 is 0 Å². The number of aromatic nitrogens is 1. The van der Waals surface area contributed by atoms with E-state index in [4.69, 9.17) is 4.98 Å². The second-order valence-electron chi connectivity index (χ2n) is 7.46. The number of halogens is 1. The summed E-state index contributed by atoms with van der Waals surface area (Å²) in [5, 5.41) is 11.7. The third-order valence-electron chi connectivity index (χ3n) is 5.74. The quantitative estimate of drug-likeness (QED) is 0.653. The molecule has 0 bridgehead atoms. The SMILES string of the molecule is CCN1CCN(c2nc(-c3ccccc3CCCO)cc3ccccc23)CC1.Cl. The highest BCUT2D eigenvalue weighted by Crippen LogP contribution is 2.32. The third-order valence-corrected chi connectivity index (χ3v) is 5.74. The molecule has 0 radical (unpaired) electrons. The van der Waals surface area contributed by atoms with Gasteiger partial charge in [0, 0.05) is 43.7 Å². The standard InChI is InChI=1S/C24H29N3O.ClH/c1-2-26-13-15-27(16-14-26)24-22-12-6-4-9-20(22)18-23(25-24)21-11-5-3-8-19(21)10-7-17-28;/h3-6,8-9,11-12,18,28H,2,7,10,13-17H2,1H3;1H. The van der Waals surface area contributed by atoms with Crippen LogP contribution < -0.4 is 4.90 Å². The predicted molar refractivity (Wildman–Crippen MR) is 124 cm³/mol. The Morgan fingerprint density at radius 1 is 0.966 bits per heavy atom. The fraction of sp³-hybridized carbons (Fsp3) is 0.375. The van der Waals surface area contributed by atoms with E-state index in [1.165, 1.54) is 21.9 Å². The maximum Gasteiger partial charge on any atom is 0.137 e. The molecule has 0 amide bonds. The van der Waals surface area contributed by atoms with Crippen molar-refractivity contribution in [2.45, 2.75) is 19.8 Å². The Labute approximate surface area is 179 Å². The van der Waals surface area contributed by atoms with Gasteiger partial charge in [0.05, 0.1) is 5.69 Å². The molecule has 1 fully saturated rings. The number of nitrogens with zero attached hydrogens (tertiary/aromatic N) is 3. The molecule has 154 valence electrons. The zero-order chi connectivity index (χ0) is 19.3. The van der Waals surface area contributed by atoms with E-state index in [-0.39, 0.29) is 19.0 Å². The van der Waals surface area contributed by atoms with Crippen molar-refractivity contribution in [1.82, 2.24) is 9.88 Å². The van der Waals surface area contributed by atoms with Gasteiger partial charge in [-0.05, 0) is 36.4 Å². The number of benzene rings is 2. The van der Waals surface area contributed by atoms with Crippen molar-refractivity contribution in [2.75, 3.05) is 44.2 Å². The van der Waals surface area contributed by atoms with Gasteiger partial charge in [0.1, 0.15) is 5.82 Å². The average molecular weight is 412 g/mol. The van der Waals surface area contributed by atoms with Crippen LogP contribution in [-0.2, 0) is 6.42 Å². The van der Waals surface area contributed by atoms with Crippen LogP contribution in [0.15, 0.2) is 54.6 Å². The molecule has 0 aliphatic carbocycles. The van der Waals surface area contributed by atoms with Crippen molar-refractivity contribution >= 4 is 29.0 Å². The van der Waals surface area contributed by atoms with E-state index in [0.717, 1.165) is 57.1 Å². The van der Waals surface area contributed by atoms with Crippen LogP contribution in [0.25, 0.3) is 22.0 Å². The number of aliphatic hydroxyl groups excluding tert-OH is 1. The van der Waals surface area contributed by atoms with Gasteiger partial charge in [-0.15, -0.1) is 12.4 Å². The molecular formula is C24H30ClN3O. The van der Waals surface area contributed by atoms with E-state index in [2.05, 4.69) is 71.3 Å². The zero-order valence-electron chi connectivity index (χ0n) is 17.1. The van der Waals surface area contributed by atoms with Crippen molar-refractivity contribution in [3.63, 3.8) is 0 Å². The van der Waals surface area contributed by atoms with Crippen LogP contribution in [0, 0.1) is 0 Å². The van der Waals surface area contributed by atoms with Gasteiger partial charge in [0.15, 0.2) is 0 Å². The molecule has 1 aromatic heterocycles. The molecule has 1 aliphatic rings. The first-order valence-electron chi connectivity index (χ1n) is 10.4. The van der Waals surface area contributed by atoms with Crippen LogP contribution in [0.3, 0.4) is 0 Å². The number of fused-ring (bicyclic) bond motifs is 1. The minimum Gasteiger partial charge on any atom is -0.396 e. The van der Waals surface area contributed by atoms with Crippen LogP contribution in [0.1, 0.15) is 18.9 Å². The monoisotopic (exact) mass is 411 g/mol. The first-order chi connectivity index (χ1) is 13.8. The number of anilines is 1. The number of hydrogen-bond acceptors (Lipinski definition) is 4. The van der Waals surface area contributed by atoms with Gasteiger partial charge >= 0.3 is 0 Å².